The third kappa shape index (κ3) is 6.56. The molecular weight excluding hydrogens is 304 g/mol. The van der Waals surface area contributed by atoms with Gasteiger partial charge in [-0.3, -0.25) is 9.20 Å². The lowest BCUT2D eigenvalue weighted by atomic mass is 10.3. The molecule has 1 aromatic heterocycles. The van der Waals surface area contributed by atoms with Crippen LogP contribution in [0.25, 0.3) is 0 Å². The number of hydrogen-bond donors (Lipinski definition) is 2. The van der Waals surface area contributed by atoms with Gasteiger partial charge in [-0.25, -0.2) is 4.98 Å². The van der Waals surface area contributed by atoms with Gasteiger partial charge in [0.05, 0.1) is 6.54 Å². The highest BCUT2D eigenvalue weighted by Gasteiger charge is 2.18. The molecule has 0 aliphatic rings. The minimum absolute atomic E-state index is 0.171. The van der Waals surface area contributed by atoms with E-state index in [0.29, 0.717) is 24.8 Å². The number of hydrogen-bond acceptors (Lipinski definition) is 4. The summed E-state index contributed by atoms with van der Waals surface area (Å²) in [5.74, 6) is 1.33. The van der Waals surface area contributed by atoms with Crippen LogP contribution in [0.3, 0.4) is 0 Å². The molecule has 0 saturated heterocycles. The van der Waals surface area contributed by atoms with Gasteiger partial charge in [0.1, 0.15) is 5.01 Å². The summed E-state index contributed by atoms with van der Waals surface area (Å²) >= 11 is 1.71. The molecule has 0 aliphatic heterocycles. The van der Waals surface area contributed by atoms with Gasteiger partial charge >= 0.3 is 0 Å². The third-order valence-electron chi connectivity index (χ3n) is 2.84. The molecule has 0 saturated carbocycles. The fraction of sp³-hybridized carbons (Fsp3) is 0.714. The number of aromatic nitrogens is 1. The molecule has 7 heteroatoms. The van der Waals surface area contributed by atoms with Crippen molar-refractivity contribution in [3.8, 4) is 0 Å². The lowest BCUT2D eigenvalue weighted by molar-refractivity contribution is 0.647. The predicted octanol–water partition coefficient (Wildman–Crippen LogP) is 1.92. The first-order chi connectivity index (χ1) is 9.86. The highest BCUT2D eigenvalue weighted by molar-refractivity contribution is 7.86. The molecule has 0 amide bonds. The summed E-state index contributed by atoms with van der Waals surface area (Å²) in [6.45, 7) is 9.40. The van der Waals surface area contributed by atoms with Crippen LogP contribution < -0.4 is 10.6 Å². The minimum Gasteiger partial charge on any atom is -0.355 e. The number of nitrogens with one attached hydrogen (secondary N) is 2. The van der Waals surface area contributed by atoms with E-state index in [9.17, 15) is 4.21 Å². The Labute approximate surface area is 134 Å². The molecule has 0 bridgehead atoms. The van der Waals surface area contributed by atoms with Gasteiger partial charge in [-0.05, 0) is 27.2 Å². The fourth-order valence-electron chi connectivity index (χ4n) is 1.54. The first kappa shape index (κ1) is 18.1. The van der Waals surface area contributed by atoms with Gasteiger partial charge < -0.3 is 10.6 Å². The molecule has 1 heterocycles. The Balaban J connectivity index is 2.34. The topological polar surface area (TPSA) is 66.4 Å². The van der Waals surface area contributed by atoms with E-state index >= 15 is 0 Å². The first-order valence-corrected chi connectivity index (χ1v) is 9.27. The molecule has 2 N–H and O–H groups in total. The molecule has 1 unspecified atom stereocenters. The number of thiazole rings is 1. The molecule has 0 aromatic carbocycles. The number of aryl methyl sites for hydroxylation is 1. The van der Waals surface area contributed by atoms with E-state index in [-0.39, 0.29) is 4.75 Å². The Morgan fingerprint density at radius 2 is 2.14 bits per heavy atom. The summed E-state index contributed by atoms with van der Waals surface area (Å²) in [6, 6.07) is 0. The summed E-state index contributed by atoms with van der Waals surface area (Å²) in [6.07, 6.45) is 2.94. The van der Waals surface area contributed by atoms with Crippen molar-refractivity contribution in [1.29, 1.82) is 0 Å². The number of guanidine groups is 1. The molecule has 0 aliphatic carbocycles. The second-order valence-corrected chi connectivity index (χ2v) is 9.11. The zero-order valence-electron chi connectivity index (χ0n) is 13.5. The zero-order valence-corrected chi connectivity index (χ0v) is 15.2. The van der Waals surface area contributed by atoms with Gasteiger partial charge in [-0.2, -0.15) is 0 Å². The molecular formula is C14H26N4OS2. The average Bonchev–Trinajstić information content (AvgIpc) is 2.89. The molecule has 0 spiro atoms. The van der Waals surface area contributed by atoms with Gasteiger partial charge in [-0.15, -0.1) is 11.3 Å². The maximum atomic E-state index is 12.0. The van der Waals surface area contributed by atoms with Crippen LogP contribution in [0.4, 0.5) is 0 Å². The van der Waals surface area contributed by atoms with Crippen LogP contribution in [0.2, 0.25) is 0 Å². The van der Waals surface area contributed by atoms with Crippen LogP contribution in [-0.4, -0.2) is 39.2 Å². The predicted molar refractivity (Wildman–Crippen MR) is 92.5 cm³/mol. The Morgan fingerprint density at radius 1 is 1.43 bits per heavy atom. The zero-order chi connectivity index (χ0) is 15.9. The Hall–Kier alpha value is -0.950. The van der Waals surface area contributed by atoms with Crippen LogP contribution in [0.5, 0.6) is 0 Å². The molecule has 0 radical (unpaired) electrons. The SMILES string of the molecule is CCc1cnc(CNC(=NC)NCCS(=O)C(C)(C)C)s1. The largest absolute Gasteiger partial charge is 0.355 e. The highest BCUT2D eigenvalue weighted by Crippen LogP contribution is 2.12. The van der Waals surface area contributed by atoms with Crippen molar-refractivity contribution in [1.82, 2.24) is 15.6 Å². The second kappa shape index (κ2) is 8.48. The van der Waals surface area contributed by atoms with Crippen molar-refractivity contribution >= 4 is 28.1 Å². The van der Waals surface area contributed by atoms with Gasteiger partial charge in [0.2, 0.25) is 0 Å². The van der Waals surface area contributed by atoms with Gasteiger partial charge in [0.15, 0.2) is 5.96 Å². The summed E-state index contributed by atoms with van der Waals surface area (Å²) in [5.41, 5.74) is 0. The van der Waals surface area contributed by atoms with E-state index in [1.807, 2.05) is 27.0 Å². The maximum absolute atomic E-state index is 12.0. The van der Waals surface area contributed by atoms with Gasteiger partial charge in [0.25, 0.3) is 0 Å². The summed E-state index contributed by atoms with van der Waals surface area (Å²) < 4.78 is 11.8. The van der Waals surface area contributed by atoms with E-state index in [4.69, 9.17) is 0 Å². The van der Waals surface area contributed by atoms with Crippen molar-refractivity contribution in [2.24, 2.45) is 4.99 Å². The average molecular weight is 331 g/mol. The highest BCUT2D eigenvalue weighted by atomic mass is 32.2. The lowest BCUT2D eigenvalue weighted by Gasteiger charge is -2.18. The van der Waals surface area contributed by atoms with E-state index in [2.05, 4.69) is 27.5 Å². The summed E-state index contributed by atoms with van der Waals surface area (Å²) in [4.78, 5) is 9.81. The van der Waals surface area contributed by atoms with Crippen molar-refractivity contribution in [3.05, 3.63) is 16.1 Å². The maximum Gasteiger partial charge on any atom is 0.191 e. The lowest BCUT2D eigenvalue weighted by Crippen LogP contribution is -2.40. The minimum atomic E-state index is -0.849. The van der Waals surface area contributed by atoms with Crippen LogP contribution in [-0.2, 0) is 23.8 Å². The standard InChI is InChI=1S/C14H26N4OS2/c1-6-11-9-17-12(20-11)10-18-13(15-5)16-7-8-21(19)14(2,3)4/h9H,6-8,10H2,1-5H3,(H2,15,16,18). The van der Waals surface area contributed by atoms with Crippen LogP contribution in [0.15, 0.2) is 11.2 Å². The van der Waals surface area contributed by atoms with Crippen LogP contribution >= 0.6 is 11.3 Å². The van der Waals surface area contributed by atoms with Gasteiger partial charge in [0, 0.05) is 46.0 Å². The Kier molecular flexibility index (Phi) is 7.31. The van der Waals surface area contributed by atoms with Crippen LogP contribution in [0.1, 0.15) is 37.6 Å². The second-order valence-electron chi connectivity index (χ2n) is 5.59. The van der Waals surface area contributed by atoms with E-state index in [1.165, 1.54) is 4.88 Å². The molecule has 1 atom stereocenters. The Bertz CT molecular complexity index is 491. The summed E-state index contributed by atoms with van der Waals surface area (Å²) in [5, 5.41) is 7.46. The quantitative estimate of drug-likeness (QED) is 0.618. The molecule has 1 rings (SSSR count). The van der Waals surface area contributed by atoms with Crippen molar-refractivity contribution < 1.29 is 4.21 Å². The van der Waals surface area contributed by atoms with E-state index in [1.54, 1.807) is 18.4 Å². The number of rotatable bonds is 6. The van der Waals surface area contributed by atoms with E-state index in [0.717, 1.165) is 11.4 Å². The fourth-order valence-corrected chi connectivity index (χ4v) is 3.24. The smallest absolute Gasteiger partial charge is 0.191 e. The van der Waals surface area contributed by atoms with Gasteiger partial charge in [-0.1, -0.05) is 6.92 Å². The molecule has 5 nitrogen and oxygen atoms in total. The summed E-state index contributed by atoms with van der Waals surface area (Å²) in [7, 11) is 0.882. The number of nitrogens with zero attached hydrogens (tertiary/aromatic N) is 2. The van der Waals surface area contributed by atoms with Crippen molar-refractivity contribution in [3.63, 3.8) is 0 Å². The van der Waals surface area contributed by atoms with Crippen molar-refractivity contribution in [2.45, 2.75) is 45.4 Å². The Morgan fingerprint density at radius 3 is 2.67 bits per heavy atom. The third-order valence-corrected chi connectivity index (χ3v) is 5.93. The normalized spacial score (nSPS) is 14.0. The number of aliphatic imine (C=N–C) groups is 1. The first-order valence-electron chi connectivity index (χ1n) is 7.13. The molecule has 21 heavy (non-hydrogen) atoms. The van der Waals surface area contributed by atoms with Crippen LogP contribution in [0, 0.1) is 0 Å². The van der Waals surface area contributed by atoms with Crippen molar-refractivity contribution in [2.75, 3.05) is 19.3 Å². The molecule has 1 aromatic rings. The monoisotopic (exact) mass is 330 g/mol. The molecule has 0 fully saturated rings. The van der Waals surface area contributed by atoms with E-state index < -0.39 is 10.8 Å². The molecule has 120 valence electrons.